The fourth-order valence-corrected chi connectivity index (χ4v) is 4.25. The Kier molecular flexibility index (Phi) is 5.63. The van der Waals surface area contributed by atoms with Gasteiger partial charge in [0, 0.05) is 5.69 Å². The molecule has 0 fully saturated rings. The second kappa shape index (κ2) is 8.50. The van der Waals surface area contributed by atoms with Gasteiger partial charge in [-0.05, 0) is 46.1 Å². The van der Waals surface area contributed by atoms with Gasteiger partial charge in [0.2, 0.25) is 0 Å². The molecule has 3 aromatic carbocycles. The van der Waals surface area contributed by atoms with E-state index in [1.807, 2.05) is 97.9 Å². The van der Waals surface area contributed by atoms with E-state index in [0.29, 0.717) is 12.2 Å². The summed E-state index contributed by atoms with van der Waals surface area (Å²) in [6.45, 7) is 2.14. The van der Waals surface area contributed by atoms with Crippen molar-refractivity contribution in [3.8, 4) is 28.2 Å². The highest BCUT2D eigenvalue weighted by molar-refractivity contribution is 9.10. The molecular formula is C25H20BrNO2. The van der Waals surface area contributed by atoms with Crippen LogP contribution >= 0.6 is 15.9 Å². The second-order valence-electron chi connectivity index (χ2n) is 6.51. The molecule has 0 atom stereocenters. The van der Waals surface area contributed by atoms with Gasteiger partial charge in [-0.25, -0.2) is 4.79 Å². The number of para-hydroxylation sites is 1. The summed E-state index contributed by atoms with van der Waals surface area (Å²) in [7, 11) is 0. The van der Waals surface area contributed by atoms with Gasteiger partial charge in [-0.3, -0.25) is 0 Å². The molecule has 0 bridgehead atoms. The molecule has 4 rings (SSSR count). The Labute approximate surface area is 178 Å². The summed E-state index contributed by atoms with van der Waals surface area (Å²) in [6, 6.07) is 30.1. The molecule has 0 saturated heterocycles. The zero-order valence-corrected chi connectivity index (χ0v) is 17.6. The lowest BCUT2D eigenvalue weighted by molar-refractivity contribution is 0.0526. The van der Waals surface area contributed by atoms with E-state index < -0.39 is 0 Å². The Morgan fingerprint density at radius 3 is 1.79 bits per heavy atom. The average molecular weight is 446 g/mol. The monoisotopic (exact) mass is 445 g/mol. The van der Waals surface area contributed by atoms with Gasteiger partial charge >= 0.3 is 5.97 Å². The second-order valence-corrected chi connectivity index (χ2v) is 7.30. The highest BCUT2D eigenvalue weighted by Crippen LogP contribution is 2.43. The van der Waals surface area contributed by atoms with E-state index in [9.17, 15) is 4.79 Å². The lowest BCUT2D eigenvalue weighted by Gasteiger charge is -2.15. The van der Waals surface area contributed by atoms with Gasteiger partial charge in [0.15, 0.2) is 0 Å². The first-order chi connectivity index (χ1) is 14.2. The van der Waals surface area contributed by atoms with Crippen LogP contribution in [-0.4, -0.2) is 17.1 Å². The largest absolute Gasteiger partial charge is 0.462 e. The fraction of sp³-hybridized carbons (Fsp3) is 0.0800. The van der Waals surface area contributed by atoms with Crippen molar-refractivity contribution >= 4 is 21.9 Å². The van der Waals surface area contributed by atoms with Crippen molar-refractivity contribution in [1.29, 1.82) is 0 Å². The lowest BCUT2D eigenvalue weighted by atomic mass is 10.1. The van der Waals surface area contributed by atoms with Crippen molar-refractivity contribution < 1.29 is 9.53 Å². The molecule has 29 heavy (non-hydrogen) atoms. The molecule has 0 aliphatic heterocycles. The Morgan fingerprint density at radius 1 is 0.793 bits per heavy atom. The maximum absolute atomic E-state index is 13.0. The van der Waals surface area contributed by atoms with E-state index in [4.69, 9.17) is 4.74 Å². The molecule has 3 nitrogen and oxygen atoms in total. The fourth-order valence-electron chi connectivity index (χ4n) is 3.49. The first-order valence-corrected chi connectivity index (χ1v) is 10.3. The maximum Gasteiger partial charge on any atom is 0.341 e. The molecule has 0 amide bonds. The Balaban J connectivity index is 2.13. The molecule has 0 N–H and O–H groups in total. The number of hydrogen-bond donors (Lipinski definition) is 0. The van der Waals surface area contributed by atoms with Gasteiger partial charge in [0.05, 0.1) is 22.5 Å². The van der Waals surface area contributed by atoms with E-state index in [0.717, 1.165) is 32.7 Å². The van der Waals surface area contributed by atoms with Crippen LogP contribution in [0.4, 0.5) is 0 Å². The minimum Gasteiger partial charge on any atom is -0.462 e. The predicted molar refractivity (Wildman–Crippen MR) is 120 cm³/mol. The van der Waals surface area contributed by atoms with Gasteiger partial charge in [-0.15, -0.1) is 0 Å². The molecule has 0 radical (unpaired) electrons. The van der Waals surface area contributed by atoms with Crippen molar-refractivity contribution in [2.45, 2.75) is 6.92 Å². The lowest BCUT2D eigenvalue weighted by Crippen LogP contribution is -2.07. The van der Waals surface area contributed by atoms with E-state index in [1.54, 1.807) is 0 Å². The molecule has 0 spiro atoms. The maximum atomic E-state index is 13.0. The summed E-state index contributed by atoms with van der Waals surface area (Å²) >= 11 is 3.73. The third-order valence-electron chi connectivity index (χ3n) is 4.70. The highest BCUT2D eigenvalue weighted by atomic mass is 79.9. The smallest absolute Gasteiger partial charge is 0.341 e. The molecule has 0 aliphatic rings. The molecule has 4 aromatic rings. The number of hydrogen-bond acceptors (Lipinski definition) is 2. The van der Waals surface area contributed by atoms with Crippen LogP contribution in [0.2, 0.25) is 0 Å². The minimum atomic E-state index is -0.343. The van der Waals surface area contributed by atoms with Crippen molar-refractivity contribution in [1.82, 2.24) is 4.57 Å². The Hall–Kier alpha value is -3.11. The molecule has 0 aliphatic carbocycles. The summed E-state index contributed by atoms with van der Waals surface area (Å²) in [4.78, 5) is 13.0. The van der Waals surface area contributed by atoms with Crippen molar-refractivity contribution in [3.05, 3.63) is 101 Å². The van der Waals surface area contributed by atoms with Gasteiger partial charge in [-0.2, -0.15) is 0 Å². The van der Waals surface area contributed by atoms with Gasteiger partial charge < -0.3 is 9.30 Å². The summed E-state index contributed by atoms with van der Waals surface area (Å²) in [6.07, 6.45) is 0. The summed E-state index contributed by atoms with van der Waals surface area (Å²) < 4.78 is 8.28. The van der Waals surface area contributed by atoms with Crippen LogP contribution < -0.4 is 0 Å². The van der Waals surface area contributed by atoms with Crippen LogP contribution in [0, 0.1) is 0 Å². The van der Waals surface area contributed by atoms with Crippen LogP contribution in [0.15, 0.2) is 95.5 Å². The molecule has 4 heteroatoms. The highest BCUT2D eigenvalue weighted by Gasteiger charge is 2.29. The number of halogens is 1. The first kappa shape index (κ1) is 19.2. The minimum absolute atomic E-state index is 0.316. The van der Waals surface area contributed by atoms with Crippen molar-refractivity contribution in [3.63, 3.8) is 0 Å². The summed E-state index contributed by atoms with van der Waals surface area (Å²) in [5.74, 6) is -0.343. The third-order valence-corrected chi connectivity index (χ3v) is 5.47. The number of aromatic nitrogens is 1. The van der Waals surface area contributed by atoms with Crippen molar-refractivity contribution in [2.75, 3.05) is 6.61 Å². The molecule has 0 unspecified atom stereocenters. The number of rotatable bonds is 5. The molecule has 1 aromatic heterocycles. The van der Waals surface area contributed by atoms with Crippen LogP contribution in [0.25, 0.3) is 28.2 Å². The number of carbonyl (C=O) groups is 1. The summed E-state index contributed by atoms with van der Waals surface area (Å²) in [5, 5.41) is 0. The Morgan fingerprint density at radius 2 is 1.28 bits per heavy atom. The van der Waals surface area contributed by atoms with E-state index in [1.165, 1.54) is 0 Å². The van der Waals surface area contributed by atoms with E-state index in [-0.39, 0.29) is 5.97 Å². The molecule has 1 heterocycles. The average Bonchev–Trinajstić information content (AvgIpc) is 3.09. The topological polar surface area (TPSA) is 31.2 Å². The number of carbonyl (C=O) groups excluding carboxylic acids is 1. The Bertz CT molecular complexity index is 1120. The summed E-state index contributed by atoms with van der Waals surface area (Å²) in [5.41, 5.74) is 5.18. The number of benzene rings is 3. The number of nitrogens with zero attached hydrogens (tertiary/aromatic N) is 1. The molecule has 0 saturated carbocycles. The standard InChI is InChI=1S/C25H20BrNO2/c1-2-29-25(28)21-22(26)24(19-14-8-4-9-15-19)27(20-16-10-5-11-17-20)23(21)18-12-6-3-7-13-18/h3-17H,2H2,1H3. The van der Waals surface area contributed by atoms with Crippen LogP contribution in [0.5, 0.6) is 0 Å². The van der Waals surface area contributed by atoms with Crippen LogP contribution in [-0.2, 0) is 4.74 Å². The number of esters is 1. The van der Waals surface area contributed by atoms with Crippen molar-refractivity contribution in [2.24, 2.45) is 0 Å². The van der Waals surface area contributed by atoms with Gasteiger partial charge in [0.25, 0.3) is 0 Å². The zero-order chi connectivity index (χ0) is 20.2. The van der Waals surface area contributed by atoms with Crippen LogP contribution in [0.3, 0.4) is 0 Å². The SMILES string of the molecule is CCOC(=O)c1c(Br)c(-c2ccccc2)n(-c2ccccc2)c1-c1ccccc1. The van der Waals surface area contributed by atoms with Gasteiger partial charge in [0.1, 0.15) is 5.56 Å². The van der Waals surface area contributed by atoms with E-state index in [2.05, 4.69) is 20.5 Å². The van der Waals surface area contributed by atoms with E-state index >= 15 is 0 Å². The first-order valence-electron chi connectivity index (χ1n) is 9.50. The quantitative estimate of drug-likeness (QED) is 0.318. The zero-order valence-electron chi connectivity index (χ0n) is 16.0. The predicted octanol–water partition coefficient (Wildman–Crippen LogP) is 6.75. The molecular weight excluding hydrogens is 426 g/mol. The molecule has 144 valence electrons. The third kappa shape index (κ3) is 3.64. The van der Waals surface area contributed by atoms with Gasteiger partial charge in [-0.1, -0.05) is 78.9 Å². The number of ether oxygens (including phenoxy) is 1. The van der Waals surface area contributed by atoms with Crippen LogP contribution in [0.1, 0.15) is 17.3 Å². The normalized spacial score (nSPS) is 10.7.